The summed E-state index contributed by atoms with van der Waals surface area (Å²) in [5, 5.41) is 2.92. The van der Waals surface area contributed by atoms with Crippen LogP contribution in [-0.2, 0) is 11.3 Å². The highest BCUT2D eigenvalue weighted by molar-refractivity contribution is 5.75. The fourth-order valence-electron chi connectivity index (χ4n) is 1.90. The van der Waals surface area contributed by atoms with Gasteiger partial charge in [-0.25, -0.2) is 0 Å². The standard InChI is InChI=1S/C15H25N3O/c1-18(13-14-7-3-2-4-8-14)12-6-11-17-15(19)9-5-10-16/h2-4,7-8H,5-6,9-13,16H2,1H3,(H,17,19). The molecule has 0 bridgehead atoms. The van der Waals surface area contributed by atoms with Crippen molar-refractivity contribution >= 4 is 5.91 Å². The predicted octanol–water partition coefficient (Wildman–Crippen LogP) is 1.36. The minimum atomic E-state index is 0.108. The first-order valence-electron chi connectivity index (χ1n) is 6.91. The number of nitrogens with zero attached hydrogens (tertiary/aromatic N) is 1. The zero-order chi connectivity index (χ0) is 13.9. The number of nitrogens with two attached hydrogens (primary N) is 1. The molecule has 106 valence electrons. The number of hydrogen-bond acceptors (Lipinski definition) is 3. The van der Waals surface area contributed by atoms with Crippen LogP contribution < -0.4 is 11.1 Å². The van der Waals surface area contributed by atoms with Crippen molar-refractivity contribution in [3.63, 3.8) is 0 Å². The quantitative estimate of drug-likeness (QED) is 0.661. The molecule has 0 unspecified atom stereocenters. The largest absolute Gasteiger partial charge is 0.356 e. The molecule has 0 aliphatic heterocycles. The molecular weight excluding hydrogens is 238 g/mol. The fourth-order valence-corrected chi connectivity index (χ4v) is 1.90. The fraction of sp³-hybridized carbons (Fsp3) is 0.533. The molecule has 0 fully saturated rings. The highest BCUT2D eigenvalue weighted by Crippen LogP contribution is 2.02. The van der Waals surface area contributed by atoms with Gasteiger partial charge in [0.05, 0.1) is 0 Å². The molecule has 0 spiro atoms. The Balaban J connectivity index is 2.07. The van der Waals surface area contributed by atoms with Crippen LogP contribution in [0.3, 0.4) is 0 Å². The molecular formula is C15H25N3O. The van der Waals surface area contributed by atoms with Crippen molar-refractivity contribution in [3.05, 3.63) is 35.9 Å². The van der Waals surface area contributed by atoms with Gasteiger partial charge in [-0.05, 0) is 38.5 Å². The first kappa shape index (κ1) is 15.7. The molecule has 19 heavy (non-hydrogen) atoms. The average molecular weight is 263 g/mol. The number of hydrogen-bond donors (Lipinski definition) is 2. The Hall–Kier alpha value is -1.39. The third-order valence-corrected chi connectivity index (χ3v) is 2.94. The molecule has 0 saturated carbocycles. The molecule has 0 heterocycles. The zero-order valence-corrected chi connectivity index (χ0v) is 11.8. The van der Waals surface area contributed by atoms with Crippen LogP contribution in [0.4, 0.5) is 0 Å². The molecule has 0 aromatic heterocycles. The van der Waals surface area contributed by atoms with Gasteiger partial charge in [0.15, 0.2) is 0 Å². The maximum atomic E-state index is 11.4. The molecule has 1 rings (SSSR count). The summed E-state index contributed by atoms with van der Waals surface area (Å²) in [6.07, 6.45) is 2.27. The molecule has 1 aromatic carbocycles. The van der Waals surface area contributed by atoms with E-state index in [9.17, 15) is 4.79 Å². The number of amides is 1. The Kier molecular flexibility index (Phi) is 7.86. The van der Waals surface area contributed by atoms with Gasteiger partial charge in [-0.3, -0.25) is 4.79 Å². The minimum Gasteiger partial charge on any atom is -0.356 e. The number of carbonyl (C=O) groups excluding carboxylic acids is 1. The second kappa shape index (κ2) is 9.53. The van der Waals surface area contributed by atoms with Gasteiger partial charge in [0.2, 0.25) is 5.91 Å². The molecule has 4 heteroatoms. The van der Waals surface area contributed by atoms with E-state index in [4.69, 9.17) is 5.73 Å². The van der Waals surface area contributed by atoms with E-state index >= 15 is 0 Å². The second-order valence-corrected chi connectivity index (χ2v) is 4.82. The van der Waals surface area contributed by atoms with Gasteiger partial charge >= 0.3 is 0 Å². The Morgan fingerprint density at radius 2 is 2.00 bits per heavy atom. The van der Waals surface area contributed by atoms with Crippen molar-refractivity contribution in [2.45, 2.75) is 25.8 Å². The van der Waals surface area contributed by atoms with E-state index < -0.39 is 0 Å². The first-order valence-corrected chi connectivity index (χ1v) is 6.91. The lowest BCUT2D eigenvalue weighted by molar-refractivity contribution is -0.121. The van der Waals surface area contributed by atoms with E-state index in [1.807, 2.05) is 6.07 Å². The predicted molar refractivity (Wildman–Crippen MR) is 78.7 cm³/mol. The van der Waals surface area contributed by atoms with E-state index in [1.54, 1.807) is 0 Å². The molecule has 1 aromatic rings. The van der Waals surface area contributed by atoms with Crippen molar-refractivity contribution in [3.8, 4) is 0 Å². The number of nitrogens with one attached hydrogen (secondary N) is 1. The van der Waals surface area contributed by atoms with Gasteiger partial charge in [0.1, 0.15) is 0 Å². The molecule has 0 saturated heterocycles. The Morgan fingerprint density at radius 1 is 1.26 bits per heavy atom. The molecule has 0 radical (unpaired) electrons. The molecule has 0 aliphatic carbocycles. The lowest BCUT2D eigenvalue weighted by atomic mass is 10.2. The average Bonchev–Trinajstić information content (AvgIpc) is 2.42. The Morgan fingerprint density at radius 3 is 2.68 bits per heavy atom. The Labute approximate surface area is 116 Å². The van der Waals surface area contributed by atoms with Crippen LogP contribution in [-0.4, -0.2) is 37.5 Å². The monoisotopic (exact) mass is 263 g/mol. The third-order valence-electron chi connectivity index (χ3n) is 2.94. The summed E-state index contributed by atoms with van der Waals surface area (Å²) in [6.45, 7) is 3.24. The van der Waals surface area contributed by atoms with Crippen molar-refractivity contribution in [2.75, 3.05) is 26.7 Å². The SMILES string of the molecule is CN(CCCNC(=O)CCCN)Cc1ccccc1. The summed E-state index contributed by atoms with van der Waals surface area (Å²) in [4.78, 5) is 13.6. The van der Waals surface area contributed by atoms with Crippen LogP contribution in [0.5, 0.6) is 0 Å². The smallest absolute Gasteiger partial charge is 0.220 e. The van der Waals surface area contributed by atoms with Crippen LogP contribution in [0.2, 0.25) is 0 Å². The number of benzene rings is 1. The van der Waals surface area contributed by atoms with Gasteiger partial charge < -0.3 is 16.0 Å². The topological polar surface area (TPSA) is 58.4 Å². The first-order chi connectivity index (χ1) is 9.22. The highest BCUT2D eigenvalue weighted by Gasteiger charge is 2.02. The third kappa shape index (κ3) is 7.59. The summed E-state index contributed by atoms with van der Waals surface area (Å²) < 4.78 is 0. The molecule has 0 atom stereocenters. The summed E-state index contributed by atoms with van der Waals surface area (Å²) in [5.41, 5.74) is 6.67. The van der Waals surface area contributed by atoms with E-state index in [0.717, 1.165) is 32.5 Å². The van der Waals surface area contributed by atoms with E-state index in [1.165, 1.54) is 5.56 Å². The van der Waals surface area contributed by atoms with Gasteiger partial charge in [-0.1, -0.05) is 30.3 Å². The summed E-state index contributed by atoms with van der Waals surface area (Å²) >= 11 is 0. The van der Waals surface area contributed by atoms with Gasteiger partial charge in [-0.2, -0.15) is 0 Å². The van der Waals surface area contributed by atoms with Crippen molar-refractivity contribution < 1.29 is 4.79 Å². The lowest BCUT2D eigenvalue weighted by Gasteiger charge is -2.16. The summed E-state index contributed by atoms with van der Waals surface area (Å²) in [6, 6.07) is 10.4. The molecule has 0 aliphatic rings. The number of carbonyl (C=O) groups is 1. The molecule has 3 N–H and O–H groups in total. The number of rotatable bonds is 9. The van der Waals surface area contributed by atoms with Gasteiger partial charge in [0.25, 0.3) is 0 Å². The maximum Gasteiger partial charge on any atom is 0.220 e. The van der Waals surface area contributed by atoms with Crippen LogP contribution >= 0.6 is 0 Å². The zero-order valence-electron chi connectivity index (χ0n) is 11.8. The van der Waals surface area contributed by atoms with E-state index in [-0.39, 0.29) is 5.91 Å². The Bertz CT molecular complexity index is 354. The van der Waals surface area contributed by atoms with Crippen LogP contribution in [0.25, 0.3) is 0 Å². The van der Waals surface area contributed by atoms with Gasteiger partial charge in [-0.15, -0.1) is 0 Å². The summed E-state index contributed by atoms with van der Waals surface area (Å²) in [5.74, 6) is 0.108. The van der Waals surface area contributed by atoms with Gasteiger partial charge in [0, 0.05) is 19.5 Å². The van der Waals surface area contributed by atoms with Crippen molar-refractivity contribution in [1.29, 1.82) is 0 Å². The van der Waals surface area contributed by atoms with E-state index in [0.29, 0.717) is 13.0 Å². The lowest BCUT2D eigenvalue weighted by Crippen LogP contribution is -2.28. The molecule has 4 nitrogen and oxygen atoms in total. The summed E-state index contributed by atoms with van der Waals surface area (Å²) in [7, 11) is 2.10. The normalized spacial score (nSPS) is 10.7. The molecule has 1 amide bonds. The minimum absolute atomic E-state index is 0.108. The van der Waals surface area contributed by atoms with Crippen molar-refractivity contribution in [1.82, 2.24) is 10.2 Å². The second-order valence-electron chi connectivity index (χ2n) is 4.82. The van der Waals surface area contributed by atoms with Crippen LogP contribution in [0.1, 0.15) is 24.8 Å². The highest BCUT2D eigenvalue weighted by atomic mass is 16.1. The van der Waals surface area contributed by atoms with E-state index in [2.05, 4.69) is 41.5 Å². The van der Waals surface area contributed by atoms with Crippen molar-refractivity contribution in [2.24, 2.45) is 5.73 Å². The van der Waals surface area contributed by atoms with Crippen LogP contribution in [0, 0.1) is 0 Å². The van der Waals surface area contributed by atoms with Crippen LogP contribution in [0.15, 0.2) is 30.3 Å². The maximum absolute atomic E-state index is 11.4.